The lowest BCUT2D eigenvalue weighted by molar-refractivity contribution is 0.363. The average Bonchev–Trinajstić information content (AvgIpc) is 3.03. The smallest absolute Gasteiger partial charge is 0.0671 e. The molecule has 0 saturated heterocycles. The fourth-order valence-electron chi connectivity index (χ4n) is 4.52. The van der Waals surface area contributed by atoms with Crippen molar-refractivity contribution in [2.75, 3.05) is 0 Å². The summed E-state index contributed by atoms with van der Waals surface area (Å²) in [6, 6.07) is 8.88. The summed E-state index contributed by atoms with van der Waals surface area (Å²) in [4.78, 5) is 4.95. The third-order valence-electron chi connectivity index (χ3n) is 5.19. The maximum Gasteiger partial charge on any atom is 0.0671 e. The van der Waals surface area contributed by atoms with Crippen molar-refractivity contribution in [2.24, 2.45) is 10.9 Å². The van der Waals surface area contributed by atoms with Gasteiger partial charge in [-0.05, 0) is 49.7 Å². The van der Waals surface area contributed by atoms with Crippen molar-refractivity contribution in [1.29, 1.82) is 0 Å². The van der Waals surface area contributed by atoms with Crippen LogP contribution >= 0.6 is 0 Å². The molecular weight excluding hydrogens is 206 g/mol. The molecule has 88 valence electrons. The molecule has 2 fully saturated rings. The van der Waals surface area contributed by atoms with Crippen molar-refractivity contribution >= 4 is 11.4 Å². The van der Waals surface area contributed by atoms with Crippen molar-refractivity contribution in [3.63, 3.8) is 0 Å². The van der Waals surface area contributed by atoms with E-state index < -0.39 is 0 Å². The molecule has 1 unspecified atom stereocenters. The highest BCUT2D eigenvalue weighted by Crippen LogP contribution is 2.56. The van der Waals surface area contributed by atoms with Gasteiger partial charge < -0.3 is 0 Å². The van der Waals surface area contributed by atoms with Crippen LogP contribution in [0.3, 0.4) is 0 Å². The summed E-state index contributed by atoms with van der Waals surface area (Å²) in [6.45, 7) is 0. The lowest BCUT2D eigenvalue weighted by atomic mass is 9.68. The molecule has 1 nitrogen and oxygen atoms in total. The summed E-state index contributed by atoms with van der Waals surface area (Å²) in [6.07, 6.45) is 9.66. The predicted molar refractivity (Wildman–Crippen MR) is 71.0 cm³/mol. The van der Waals surface area contributed by atoms with Gasteiger partial charge in [0.05, 0.1) is 5.69 Å². The van der Waals surface area contributed by atoms with Crippen molar-refractivity contribution in [1.82, 2.24) is 0 Å². The fourth-order valence-corrected chi connectivity index (χ4v) is 4.52. The molecule has 1 aromatic rings. The first-order chi connectivity index (χ1) is 8.41. The standard InChI is InChI=1S/C16H19N/c1-2-7-12(6-1)16-11-5-10-15(16)17-14-9-4-3-8-13(14)16/h3-4,8-9,12H,1-2,5-7,10-11H2. The van der Waals surface area contributed by atoms with E-state index in [9.17, 15) is 0 Å². The second-order valence-corrected chi connectivity index (χ2v) is 5.88. The Morgan fingerprint density at radius 1 is 1.06 bits per heavy atom. The number of rotatable bonds is 1. The van der Waals surface area contributed by atoms with Gasteiger partial charge in [0.1, 0.15) is 0 Å². The van der Waals surface area contributed by atoms with Gasteiger partial charge in [-0.3, -0.25) is 4.99 Å². The maximum atomic E-state index is 4.95. The zero-order chi connectivity index (χ0) is 11.3. The van der Waals surface area contributed by atoms with Crippen molar-refractivity contribution < 1.29 is 0 Å². The molecular formula is C16H19N. The van der Waals surface area contributed by atoms with E-state index in [0.717, 1.165) is 5.92 Å². The van der Waals surface area contributed by atoms with E-state index in [1.165, 1.54) is 56.3 Å². The van der Waals surface area contributed by atoms with Gasteiger partial charge >= 0.3 is 0 Å². The highest BCUT2D eigenvalue weighted by Gasteiger charge is 2.51. The first kappa shape index (κ1) is 9.87. The fraction of sp³-hybridized carbons (Fsp3) is 0.562. The topological polar surface area (TPSA) is 12.4 Å². The van der Waals surface area contributed by atoms with Crippen molar-refractivity contribution in [3.05, 3.63) is 29.8 Å². The van der Waals surface area contributed by atoms with Crippen LogP contribution in [0.2, 0.25) is 0 Å². The number of hydrogen-bond donors (Lipinski definition) is 0. The Bertz CT molecular complexity index is 482. The first-order valence-electron chi connectivity index (χ1n) is 7.09. The molecule has 0 radical (unpaired) electrons. The molecule has 1 heterocycles. The maximum absolute atomic E-state index is 4.95. The summed E-state index contributed by atoms with van der Waals surface area (Å²) in [7, 11) is 0. The molecule has 3 aliphatic rings. The Hall–Kier alpha value is -1.11. The van der Waals surface area contributed by atoms with Crippen LogP contribution in [0.25, 0.3) is 0 Å². The minimum atomic E-state index is 0.368. The number of fused-ring (bicyclic) bond motifs is 3. The summed E-state index contributed by atoms with van der Waals surface area (Å²) in [5.41, 5.74) is 4.71. The van der Waals surface area contributed by atoms with Crippen LogP contribution in [0, 0.1) is 5.92 Å². The largest absolute Gasteiger partial charge is 0.257 e. The van der Waals surface area contributed by atoms with Gasteiger partial charge in [0.2, 0.25) is 0 Å². The predicted octanol–water partition coefficient (Wildman–Crippen LogP) is 4.38. The van der Waals surface area contributed by atoms with Crippen molar-refractivity contribution in [3.8, 4) is 0 Å². The molecule has 17 heavy (non-hydrogen) atoms. The van der Waals surface area contributed by atoms with Crippen LogP contribution in [-0.2, 0) is 5.41 Å². The Balaban J connectivity index is 1.89. The first-order valence-corrected chi connectivity index (χ1v) is 7.09. The number of nitrogens with zero attached hydrogens (tertiary/aromatic N) is 1. The minimum absolute atomic E-state index is 0.368. The molecule has 0 spiro atoms. The van der Waals surface area contributed by atoms with Crippen LogP contribution in [0.4, 0.5) is 5.69 Å². The van der Waals surface area contributed by atoms with E-state index >= 15 is 0 Å². The molecule has 1 atom stereocenters. The number of hydrogen-bond acceptors (Lipinski definition) is 1. The van der Waals surface area contributed by atoms with Gasteiger partial charge in [-0.15, -0.1) is 0 Å². The molecule has 0 amide bonds. The Labute approximate surface area is 103 Å². The average molecular weight is 225 g/mol. The highest BCUT2D eigenvalue weighted by molar-refractivity contribution is 6.03. The van der Waals surface area contributed by atoms with Crippen LogP contribution < -0.4 is 0 Å². The van der Waals surface area contributed by atoms with Gasteiger partial charge in [-0.25, -0.2) is 0 Å². The van der Waals surface area contributed by atoms with Crippen LogP contribution in [-0.4, -0.2) is 5.71 Å². The third kappa shape index (κ3) is 1.17. The summed E-state index contributed by atoms with van der Waals surface area (Å²) in [5, 5.41) is 0. The molecule has 1 aliphatic heterocycles. The van der Waals surface area contributed by atoms with Gasteiger partial charge in [0.25, 0.3) is 0 Å². The zero-order valence-corrected chi connectivity index (χ0v) is 10.3. The summed E-state index contributed by atoms with van der Waals surface area (Å²) in [5.74, 6) is 0.882. The minimum Gasteiger partial charge on any atom is -0.257 e. The van der Waals surface area contributed by atoms with E-state index in [1.54, 1.807) is 5.56 Å². The monoisotopic (exact) mass is 225 g/mol. The number of para-hydroxylation sites is 1. The van der Waals surface area contributed by atoms with Gasteiger partial charge in [0, 0.05) is 11.1 Å². The third-order valence-corrected chi connectivity index (χ3v) is 5.19. The SMILES string of the molecule is c1ccc2c(c1)N=C1CCCC12C1CCCC1. The Morgan fingerprint density at radius 2 is 1.88 bits per heavy atom. The second-order valence-electron chi connectivity index (χ2n) is 5.88. The van der Waals surface area contributed by atoms with E-state index in [2.05, 4.69) is 24.3 Å². The molecule has 0 aromatic heterocycles. The summed E-state index contributed by atoms with van der Waals surface area (Å²) >= 11 is 0. The Kier molecular flexibility index (Phi) is 2.00. The normalized spacial score (nSPS) is 31.4. The molecule has 1 heteroatoms. The van der Waals surface area contributed by atoms with E-state index in [4.69, 9.17) is 4.99 Å². The van der Waals surface area contributed by atoms with Crippen LogP contribution in [0.15, 0.2) is 29.3 Å². The molecule has 2 saturated carbocycles. The highest BCUT2D eigenvalue weighted by atomic mass is 14.8. The number of benzene rings is 1. The second kappa shape index (κ2) is 3.44. The molecule has 0 bridgehead atoms. The Morgan fingerprint density at radius 3 is 2.76 bits per heavy atom. The van der Waals surface area contributed by atoms with Gasteiger partial charge in [-0.2, -0.15) is 0 Å². The lowest BCUT2D eigenvalue weighted by Gasteiger charge is -2.33. The van der Waals surface area contributed by atoms with E-state index in [-0.39, 0.29) is 0 Å². The lowest BCUT2D eigenvalue weighted by Crippen LogP contribution is -2.35. The zero-order valence-electron chi connectivity index (χ0n) is 10.3. The molecule has 1 aromatic carbocycles. The quantitative estimate of drug-likeness (QED) is 0.672. The van der Waals surface area contributed by atoms with Gasteiger partial charge in [0.15, 0.2) is 0 Å². The molecule has 0 N–H and O–H groups in total. The van der Waals surface area contributed by atoms with E-state index in [1.807, 2.05) is 0 Å². The van der Waals surface area contributed by atoms with E-state index in [0.29, 0.717) is 5.41 Å². The molecule has 4 rings (SSSR count). The van der Waals surface area contributed by atoms with Gasteiger partial charge in [-0.1, -0.05) is 31.0 Å². The molecule has 2 aliphatic carbocycles. The summed E-state index contributed by atoms with van der Waals surface area (Å²) < 4.78 is 0. The number of aliphatic imine (C=N–C) groups is 1. The van der Waals surface area contributed by atoms with Crippen LogP contribution in [0.1, 0.15) is 50.5 Å². The van der Waals surface area contributed by atoms with Crippen LogP contribution in [0.5, 0.6) is 0 Å². The van der Waals surface area contributed by atoms with Crippen molar-refractivity contribution in [2.45, 2.75) is 50.4 Å².